The van der Waals surface area contributed by atoms with Gasteiger partial charge in [0, 0.05) is 30.8 Å². The summed E-state index contributed by atoms with van der Waals surface area (Å²) in [7, 11) is 0. The van der Waals surface area contributed by atoms with Gasteiger partial charge in [0.15, 0.2) is 0 Å². The van der Waals surface area contributed by atoms with Crippen molar-refractivity contribution in [1.29, 1.82) is 0 Å². The number of ether oxygens (including phenoxy) is 1. The average Bonchev–Trinajstić information content (AvgIpc) is 2.82. The Morgan fingerprint density at radius 2 is 2.15 bits per heavy atom. The molecule has 3 N–H and O–H groups in total. The zero-order valence-corrected chi connectivity index (χ0v) is 13.8. The number of aryl methyl sites for hydroxylation is 1. The second kappa shape index (κ2) is 8.79. The molecule has 5 nitrogen and oxygen atoms in total. The predicted octanol–water partition coefficient (Wildman–Crippen LogP) is 1.67. The van der Waals surface area contributed by atoms with Gasteiger partial charge in [0.25, 0.3) is 0 Å². The summed E-state index contributed by atoms with van der Waals surface area (Å²) in [5.74, 6) is 0.0411. The van der Waals surface area contributed by atoms with Gasteiger partial charge >= 0.3 is 0 Å². The van der Waals surface area contributed by atoms with E-state index in [1.54, 1.807) is 17.5 Å². The number of carbonyl (C=O) groups is 1. The molecule has 0 spiro atoms. The van der Waals surface area contributed by atoms with Crippen LogP contribution in [-0.4, -0.2) is 30.6 Å². The van der Waals surface area contributed by atoms with E-state index >= 15 is 0 Å². The summed E-state index contributed by atoms with van der Waals surface area (Å²) in [6.07, 6.45) is 3.22. The Balaban J connectivity index is 0.00000180. The van der Waals surface area contributed by atoms with Crippen LogP contribution in [-0.2, 0) is 16.1 Å². The minimum Gasteiger partial charge on any atom is -0.381 e. The van der Waals surface area contributed by atoms with Crippen LogP contribution in [0.5, 0.6) is 0 Å². The summed E-state index contributed by atoms with van der Waals surface area (Å²) >= 11 is 1.60. The zero-order chi connectivity index (χ0) is 13.0. The molecule has 0 unspecified atom stereocenters. The topological polar surface area (TPSA) is 77.2 Å². The monoisotopic (exact) mass is 341 g/mol. The molecule has 0 radical (unpaired) electrons. The first-order valence-electron chi connectivity index (χ1n) is 6.14. The van der Waals surface area contributed by atoms with Crippen LogP contribution in [0.3, 0.4) is 0 Å². The van der Waals surface area contributed by atoms with Gasteiger partial charge in [-0.05, 0) is 19.8 Å². The highest BCUT2D eigenvalue weighted by Crippen LogP contribution is 2.29. The maximum atomic E-state index is 12.3. The Bertz CT molecular complexity index is 423. The van der Waals surface area contributed by atoms with E-state index in [1.165, 1.54) is 0 Å². The van der Waals surface area contributed by atoms with E-state index in [0.717, 1.165) is 9.88 Å². The number of nitrogens with zero attached hydrogens (tertiary/aromatic N) is 1. The smallest absolute Gasteiger partial charge is 0.227 e. The molecule has 0 atom stereocenters. The molecule has 8 heteroatoms. The van der Waals surface area contributed by atoms with Crippen molar-refractivity contribution in [2.24, 2.45) is 11.1 Å². The van der Waals surface area contributed by atoms with E-state index in [2.05, 4.69) is 10.3 Å². The quantitative estimate of drug-likeness (QED) is 0.873. The van der Waals surface area contributed by atoms with Crippen molar-refractivity contribution in [2.75, 3.05) is 19.8 Å². The van der Waals surface area contributed by atoms with Gasteiger partial charge < -0.3 is 15.8 Å². The van der Waals surface area contributed by atoms with Crippen LogP contribution >= 0.6 is 36.2 Å². The van der Waals surface area contributed by atoms with E-state index < -0.39 is 5.41 Å². The standard InChI is InChI=1S/C12H19N3O2S.2ClH/c1-9-14-6-10(18-9)7-15-11(16)12(8-13)2-4-17-5-3-12;;/h6H,2-5,7-8,13H2,1H3,(H,15,16);2*1H. The molecule has 2 rings (SSSR count). The molecule has 1 aliphatic heterocycles. The van der Waals surface area contributed by atoms with E-state index in [9.17, 15) is 4.79 Å². The third kappa shape index (κ3) is 4.56. The Hall–Kier alpha value is -0.400. The molecule has 1 aromatic heterocycles. The number of thiazole rings is 1. The van der Waals surface area contributed by atoms with Crippen LogP contribution in [0.2, 0.25) is 0 Å². The van der Waals surface area contributed by atoms with Crippen LogP contribution in [0, 0.1) is 12.3 Å². The number of rotatable bonds is 4. The number of hydrogen-bond acceptors (Lipinski definition) is 5. The highest BCUT2D eigenvalue weighted by Gasteiger charge is 2.38. The number of amides is 1. The van der Waals surface area contributed by atoms with Gasteiger partial charge in [-0.15, -0.1) is 36.2 Å². The van der Waals surface area contributed by atoms with Crippen molar-refractivity contribution >= 4 is 42.1 Å². The molecule has 1 amide bonds. The van der Waals surface area contributed by atoms with Crippen LogP contribution in [0.4, 0.5) is 0 Å². The lowest BCUT2D eigenvalue weighted by molar-refractivity contribution is -0.136. The summed E-state index contributed by atoms with van der Waals surface area (Å²) in [6.45, 7) is 4.10. The highest BCUT2D eigenvalue weighted by molar-refractivity contribution is 7.11. The lowest BCUT2D eigenvalue weighted by Crippen LogP contribution is -2.48. The van der Waals surface area contributed by atoms with Crippen molar-refractivity contribution < 1.29 is 9.53 Å². The molecule has 1 saturated heterocycles. The van der Waals surface area contributed by atoms with Gasteiger partial charge in [0.2, 0.25) is 5.91 Å². The number of nitrogens with two attached hydrogens (primary N) is 1. The number of aromatic nitrogens is 1. The van der Waals surface area contributed by atoms with Crippen LogP contribution in [0.15, 0.2) is 6.20 Å². The van der Waals surface area contributed by atoms with Gasteiger partial charge in [0.05, 0.1) is 17.0 Å². The van der Waals surface area contributed by atoms with Gasteiger partial charge in [-0.25, -0.2) is 4.98 Å². The van der Waals surface area contributed by atoms with E-state index in [1.807, 2.05) is 6.92 Å². The lowest BCUT2D eigenvalue weighted by atomic mass is 9.79. The van der Waals surface area contributed by atoms with Crippen molar-refractivity contribution in [3.05, 3.63) is 16.1 Å². The fourth-order valence-electron chi connectivity index (χ4n) is 2.13. The van der Waals surface area contributed by atoms with Gasteiger partial charge in [-0.1, -0.05) is 0 Å². The molecule has 1 fully saturated rings. The molecule has 2 heterocycles. The number of carbonyl (C=O) groups excluding carboxylic acids is 1. The Morgan fingerprint density at radius 1 is 1.50 bits per heavy atom. The molecule has 0 saturated carbocycles. The normalized spacial score (nSPS) is 16.7. The van der Waals surface area contributed by atoms with Crippen molar-refractivity contribution in [3.8, 4) is 0 Å². The van der Waals surface area contributed by atoms with Crippen LogP contribution in [0.25, 0.3) is 0 Å². The van der Waals surface area contributed by atoms with Gasteiger partial charge in [-0.2, -0.15) is 0 Å². The van der Waals surface area contributed by atoms with E-state index in [4.69, 9.17) is 10.5 Å². The summed E-state index contributed by atoms with van der Waals surface area (Å²) in [5.41, 5.74) is 5.34. The number of nitrogens with one attached hydrogen (secondary N) is 1. The fraction of sp³-hybridized carbons (Fsp3) is 0.667. The third-order valence-electron chi connectivity index (χ3n) is 3.41. The first-order valence-corrected chi connectivity index (χ1v) is 6.95. The van der Waals surface area contributed by atoms with Crippen LogP contribution < -0.4 is 11.1 Å². The second-order valence-electron chi connectivity index (χ2n) is 4.63. The maximum Gasteiger partial charge on any atom is 0.227 e. The molecule has 0 aromatic carbocycles. The Labute approximate surface area is 135 Å². The minimum atomic E-state index is -0.446. The minimum absolute atomic E-state index is 0. The number of hydrogen-bond donors (Lipinski definition) is 2. The largest absolute Gasteiger partial charge is 0.381 e. The maximum absolute atomic E-state index is 12.3. The predicted molar refractivity (Wildman–Crippen MR) is 84.7 cm³/mol. The molecule has 0 bridgehead atoms. The third-order valence-corrected chi connectivity index (χ3v) is 4.33. The fourth-order valence-corrected chi connectivity index (χ4v) is 2.86. The summed E-state index contributed by atoms with van der Waals surface area (Å²) in [6, 6.07) is 0. The van der Waals surface area contributed by atoms with Gasteiger partial charge in [-0.3, -0.25) is 4.79 Å². The van der Waals surface area contributed by atoms with Gasteiger partial charge in [0.1, 0.15) is 0 Å². The molecule has 116 valence electrons. The molecule has 20 heavy (non-hydrogen) atoms. The second-order valence-corrected chi connectivity index (χ2v) is 5.94. The van der Waals surface area contributed by atoms with Crippen molar-refractivity contribution in [2.45, 2.75) is 26.3 Å². The van der Waals surface area contributed by atoms with Crippen molar-refractivity contribution in [3.63, 3.8) is 0 Å². The summed E-state index contributed by atoms with van der Waals surface area (Å²) in [5, 5.41) is 3.98. The molecule has 1 aromatic rings. The lowest BCUT2D eigenvalue weighted by Gasteiger charge is -2.34. The average molecular weight is 342 g/mol. The first-order chi connectivity index (χ1) is 8.66. The SMILES string of the molecule is Cc1ncc(CNC(=O)C2(CN)CCOCC2)s1.Cl.Cl. The summed E-state index contributed by atoms with van der Waals surface area (Å²) < 4.78 is 5.30. The molecule has 0 aliphatic carbocycles. The zero-order valence-electron chi connectivity index (χ0n) is 11.4. The first kappa shape index (κ1) is 19.6. The Kier molecular flexibility index (Phi) is 8.62. The van der Waals surface area contributed by atoms with Crippen LogP contribution in [0.1, 0.15) is 22.7 Å². The highest BCUT2D eigenvalue weighted by atomic mass is 35.5. The summed E-state index contributed by atoms with van der Waals surface area (Å²) in [4.78, 5) is 17.5. The molecular formula is C12H21Cl2N3O2S. The van der Waals surface area contributed by atoms with E-state index in [0.29, 0.717) is 39.1 Å². The molecular weight excluding hydrogens is 321 g/mol. The molecule has 1 aliphatic rings. The van der Waals surface area contributed by atoms with Crippen molar-refractivity contribution in [1.82, 2.24) is 10.3 Å². The van der Waals surface area contributed by atoms with E-state index in [-0.39, 0.29) is 30.7 Å². The number of halogens is 2. The Morgan fingerprint density at radius 3 is 2.65 bits per heavy atom.